The van der Waals surface area contributed by atoms with Crippen molar-refractivity contribution >= 4 is 35.4 Å². The largest absolute Gasteiger partial charge is 0.483 e. The Hall–Kier alpha value is -5.66. The van der Waals surface area contributed by atoms with E-state index in [1.54, 1.807) is 47.1 Å². The predicted molar refractivity (Wildman–Crippen MR) is 141 cm³/mol. The number of carboxylic acid groups (broad SMARTS) is 2. The van der Waals surface area contributed by atoms with E-state index in [0.717, 1.165) is 4.90 Å². The molecule has 14 heteroatoms. The summed E-state index contributed by atoms with van der Waals surface area (Å²) in [4.78, 5) is 34.4. The highest BCUT2D eigenvalue weighted by Crippen LogP contribution is 2.33. The van der Waals surface area contributed by atoms with Crippen molar-refractivity contribution in [3.63, 3.8) is 0 Å². The van der Waals surface area contributed by atoms with Gasteiger partial charge in [0.25, 0.3) is 6.47 Å². The summed E-state index contributed by atoms with van der Waals surface area (Å²) in [5.74, 6) is -0.831. The van der Waals surface area contributed by atoms with Gasteiger partial charge in [-0.05, 0) is 41.5 Å². The minimum Gasteiger partial charge on any atom is -0.483 e. The van der Waals surface area contributed by atoms with E-state index < -0.39 is 11.9 Å². The lowest BCUT2D eigenvalue weighted by Gasteiger charge is -2.22. The van der Waals surface area contributed by atoms with Crippen molar-refractivity contribution in [2.75, 3.05) is 16.4 Å². The first-order chi connectivity index (χ1) is 19.2. The molecule has 6 N–H and O–H groups in total. The molecule has 0 bridgehead atoms. The predicted octanol–water partition coefficient (Wildman–Crippen LogP) is 3.61. The number of aromatic nitrogens is 5. The van der Waals surface area contributed by atoms with Crippen LogP contribution in [-0.2, 0) is 17.8 Å². The molecule has 40 heavy (non-hydrogen) atoms. The van der Waals surface area contributed by atoms with Crippen molar-refractivity contribution in [2.24, 2.45) is 0 Å². The van der Waals surface area contributed by atoms with Crippen LogP contribution in [0, 0.1) is 11.6 Å². The van der Waals surface area contributed by atoms with Crippen molar-refractivity contribution in [3.05, 3.63) is 95.4 Å². The molecule has 0 fully saturated rings. The fourth-order valence-electron chi connectivity index (χ4n) is 4.01. The molecule has 5 aromatic rings. The molecule has 0 aliphatic carbocycles. The molecule has 0 aliphatic heterocycles. The summed E-state index contributed by atoms with van der Waals surface area (Å²) in [6, 6.07) is 15.3. The lowest BCUT2D eigenvalue weighted by Crippen LogP contribution is -2.31. The van der Waals surface area contributed by atoms with Gasteiger partial charge in [-0.3, -0.25) is 9.69 Å². The molecule has 0 aliphatic rings. The van der Waals surface area contributed by atoms with Crippen LogP contribution in [0.1, 0.15) is 17.0 Å². The summed E-state index contributed by atoms with van der Waals surface area (Å²) in [6.45, 7) is -0.478. The van der Waals surface area contributed by atoms with Crippen LogP contribution in [0.2, 0.25) is 0 Å². The minimum atomic E-state index is -1.37. The van der Waals surface area contributed by atoms with Crippen LogP contribution >= 0.6 is 0 Å². The van der Waals surface area contributed by atoms with Crippen molar-refractivity contribution in [2.45, 2.75) is 13.0 Å². The summed E-state index contributed by atoms with van der Waals surface area (Å²) in [6.07, 6.45) is 0.337. The number of hydrogen-bond donors (Lipinski definition) is 4. The van der Waals surface area contributed by atoms with E-state index in [4.69, 9.17) is 21.4 Å². The van der Waals surface area contributed by atoms with Crippen molar-refractivity contribution in [1.82, 2.24) is 24.6 Å². The molecule has 0 spiro atoms. The summed E-state index contributed by atoms with van der Waals surface area (Å²) in [7, 11) is 0. The van der Waals surface area contributed by atoms with Crippen LogP contribution in [-0.4, -0.2) is 47.3 Å². The van der Waals surface area contributed by atoms with E-state index in [1.807, 2.05) is 0 Å². The normalized spacial score (nSPS) is 10.6. The topological polar surface area (TPSA) is 186 Å². The number of carbonyl (C=O) groups is 2. The average Bonchev–Trinajstić information content (AvgIpc) is 3.28. The Morgan fingerprint density at radius 1 is 1.00 bits per heavy atom. The summed E-state index contributed by atoms with van der Waals surface area (Å²) >= 11 is 0. The zero-order valence-electron chi connectivity index (χ0n) is 20.6. The lowest BCUT2D eigenvalue weighted by atomic mass is 10.1. The Bertz CT molecular complexity index is 1670. The smallest absolute Gasteiger partial charge is 0.412 e. The van der Waals surface area contributed by atoms with E-state index in [2.05, 4.69) is 20.1 Å². The van der Waals surface area contributed by atoms with E-state index in [1.165, 1.54) is 24.3 Å². The van der Waals surface area contributed by atoms with Gasteiger partial charge in [0.15, 0.2) is 17.5 Å². The Morgan fingerprint density at radius 2 is 1.70 bits per heavy atom. The molecule has 3 aromatic heterocycles. The lowest BCUT2D eigenvalue weighted by molar-refractivity contribution is -0.122. The van der Waals surface area contributed by atoms with Gasteiger partial charge in [0, 0.05) is 12.6 Å². The maximum absolute atomic E-state index is 14.3. The van der Waals surface area contributed by atoms with Crippen LogP contribution < -0.4 is 16.4 Å². The molecule has 5 rings (SSSR count). The van der Waals surface area contributed by atoms with Crippen LogP contribution in [0.25, 0.3) is 17.0 Å². The molecule has 0 radical (unpaired) electrons. The maximum atomic E-state index is 14.3. The number of halogens is 2. The standard InChI is InChI=1S/C25H20F2N8O2.CH2O2/c26-16-7-3-5-14(11-16)13-34(25(36)37)21-22(28)32-24(33-23(21)29)20-18-9-4-10-30-35(18)19(31-20)12-15-6-1-2-8-17(15)27;2-1-3/h1-11H,12-13H2,(H,36,37)(H4,28,29,32,33);1H,(H,2,3). The second kappa shape index (κ2) is 11.8. The van der Waals surface area contributed by atoms with Gasteiger partial charge in [-0.2, -0.15) is 5.10 Å². The monoisotopic (exact) mass is 548 g/mol. The number of nitrogen functional groups attached to an aromatic ring is 2. The van der Waals surface area contributed by atoms with Crippen LogP contribution in [0.3, 0.4) is 0 Å². The fraction of sp³-hybridized carbons (Fsp3) is 0.0769. The second-order valence-corrected chi connectivity index (χ2v) is 8.24. The number of hydrogen-bond acceptors (Lipinski definition) is 8. The van der Waals surface area contributed by atoms with Gasteiger partial charge in [0.05, 0.1) is 12.1 Å². The molecule has 0 unspecified atom stereocenters. The van der Waals surface area contributed by atoms with E-state index >= 15 is 0 Å². The van der Waals surface area contributed by atoms with Crippen LogP contribution in [0.4, 0.5) is 30.9 Å². The highest BCUT2D eigenvalue weighted by Gasteiger charge is 2.25. The van der Waals surface area contributed by atoms with Crippen LogP contribution in [0.5, 0.6) is 0 Å². The summed E-state index contributed by atoms with van der Waals surface area (Å²) in [5, 5.41) is 21.0. The maximum Gasteiger partial charge on any atom is 0.412 e. The third kappa shape index (κ3) is 5.75. The van der Waals surface area contributed by atoms with Crippen molar-refractivity contribution < 1.29 is 28.6 Å². The second-order valence-electron chi connectivity index (χ2n) is 8.24. The number of rotatable bonds is 6. The van der Waals surface area contributed by atoms with Gasteiger partial charge < -0.3 is 21.7 Å². The molecule has 0 saturated heterocycles. The molecule has 204 valence electrons. The van der Waals surface area contributed by atoms with Gasteiger partial charge in [-0.1, -0.05) is 30.3 Å². The Labute approximate surface area is 225 Å². The number of nitrogens with zero attached hydrogens (tertiary/aromatic N) is 6. The molecule has 12 nitrogen and oxygen atoms in total. The van der Waals surface area contributed by atoms with E-state index in [-0.39, 0.29) is 54.1 Å². The molecule has 0 atom stereocenters. The van der Waals surface area contributed by atoms with Crippen molar-refractivity contribution in [1.29, 1.82) is 0 Å². The minimum absolute atomic E-state index is 0.0418. The SMILES string of the molecule is Nc1nc(-c2nc(Cc3ccccc3F)n3ncccc23)nc(N)c1N(Cc1cccc(F)c1)C(=O)O.O=CO. The highest BCUT2D eigenvalue weighted by atomic mass is 19.1. The Kier molecular flexibility index (Phi) is 8.08. The van der Waals surface area contributed by atoms with Gasteiger partial charge in [-0.15, -0.1) is 0 Å². The van der Waals surface area contributed by atoms with E-state index in [9.17, 15) is 18.7 Å². The Morgan fingerprint density at radius 3 is 2.35 bits per heavy atom. The van der Waals surface area contributed by atoms with Gasteiger partial charge in [-0.25, -0.2) is 33.0 Å². The molecule has 0 saturated carbocycles. The first-order valence-corrected chi connectivity index (χ1v) is 11.6. The Balaban J connectivity index is 0.00000118. The van der Waals surface area contributed by atoms with Crippen molar-refractivity contribution in [3.8, 4) is 11.5 Å². The van der Waals surface area contributed by atoms with Gasteiger partial charge >= 0.3 is 6.09 Å². The summed E-state index contributed by atoms with van der Waals surface area (Å²) < 4.78 is 29.5. The number of nitrogens with two attached hydrogens (primary N) is 2. The fourth-order valence-corrected chi connectivity index (χ4v) is 4.01. The number of benzene rings is 2. The molecular formula is C26H22F2N8O4. The average molecular weight is 549 g/mol. The zero-order chi connectivity index (χ0) is 28.8. The molecule has 2 aromatic carbocycles. The quantitative estimate of drug-likeness (QED) is 0.228. The molecular weight excluding hydrogens is 526 g/mol. The van der Waals surface area contributed by atoms with Gasteiger partial charge in [0.2, 0.25) is 0 Å². The number of anilines is 3. The highest BCUT2D eigenvalue weighted by molar-refractivity contribution is 5.94. The van der Waals surface area contributed by atoms with Gasteiger partial charge in [0.1, 0.15) is 28.8 Å². The first kappa shape index (κ1) is 27.4. The third-order valence-electron chi connectivity index (χ3n) is 5.67. The van der Waals surface area contributed by atoms with Crippen LogP contribution in [0.15, 0.2) is 66.9 Å². The molecule has 1 amide bonds. The third-order valence-corrected chi connectivity index (χ3v) is 5.67. The summed E-state index contributed by atoms with van der Waals surface area (Å²) in [5.41, 5.74) is 13.8. The number of fused-ring (bicyclic) bond motifs is 1. The first-order valence-electron chi connectivity index (χ1n) is 11.6. The number of imidazole rings is 1. The zero-order valence-corrected chi connectivity index (χ0v) is 20.6. The number of amides is 1. The molecule has 3 heterocycles. The van der Waals surface area contributed by atoms with E-state index in [0.29, 0.717) is 22.5 Å².